The first-order valence-corrected chi connectivity index (χ1v) is 6.20. The number of aryl methyl sites for hydroxylation is 1. The van der Waals surface area contributed by atoms with Crippen LogP contribution in [0.15, 0.2) is 18.2 Å². The van der Waals surface area contributed by atoms with Gasteiger partial charge >= 0.3 is 12.0 Å². The molecule has 1 unspecified atom stereocenters. The molecule has 1 rings (SSSR count). The van der Waals surface area contributed by atoms with Gasteiger partial charge in [0.05, 0.1) is 13.5 Å². The van der Waals surface area contributed by atoms with Crippen LogP contribution < -0.4 is 10.6 Å². The largest absolute Gasteiger partial charge is 0.469 e. The molecule has 0 bridgehead atoms. The third kappa shape index (κ3) is 5.18. The fraction of sp³-hybridized carbons (Fsp3) is 0.385. The molecule has 2 amide bonds. The Hall–Kier alpha value is -1.75. The van der Waals surface area contributed by atoms with Crippen molar-refractivity contribution in [1.82, 2.24) is 5.32 Å². The fourth-order valence-electron chi connectivity index (χ4n) is 1.53. The van der Waals surface area contributed by atoms with Gasteiger partial charge in [-0.3, -0.25) is 4.79 Å². The molecule has 2 N–H and O–H groups in total. The van der Waals surface area contributed by atoms with Gasteiger partial charge in [0.25, 0.3) is 0 Å². The van der Waals surface area contributed by atoms with Crippen LogP contribution in [0, 0.1) is 6.92 Å². The number of methoxy groups -OCH3 is 1. The third-order valence-corrected chi connectivity index (χ3v) is 2.75. The first kappa shape index (κ1) is 15.3. The van der Waals surface area contributed by atoms with Crippen LogP contribution in [0.1, 0.15) is 18.9 Å². The van der Waals surface area contributed by atoms with E-state index in [1.54, 1.807) is 25.1 Å². The maximum atomic E-state index is 11.7. The molecular formula is C13H17ClN2O3. The molecule has 104 valence electrons. The van der Waals surface area contributed by atoms with E-state index in [1.807, 2.05) is 6.92 Å². The monoisotopic (exact) mass is 284 g/mol. The van der Waals surface area contributed by atoms with Crippen molar-refractivity contribution in [2.75, 3.05) is 12.4 Å². The van der Waals surface area contributed by atoms with Crippen molar-refractivity contribution in [3.8, 4) is 0 Å². The topological polar surface area (TPSA) is 67.4 Å². The summed E-state index contributed by atoms with van der Waals surface area (Å²) in [5.74, 6) is -0.365. The smallest absolute Gasteiger partial charge is 0.319 e. The minimum atomic E-state index is -0.373. The van der Waals surface area contributed by atoms with Crippen molar-refractivity contribution < 1.29 is 14.3 Å². The van der Waals surface area contributed by atoms with Crippen molar-refractivity contribution in [3.63, 3.8) is 0 Å². The van der Waals surface area contributed by atoms with Crippen LogP contribution in [0.2, 0.25) is 5.02 Å². The van der Waals surface area contributed by atoms with Crippen LogP contribution in [0.5, 0.6) is 0 Å². The third-order valence-electron chi connectivity index (χ3n) is 2.51. The van der Waals surface area contributed by atoms with E-state index in [0.29, 0.717) is 10.7 Å². The van der Waals surface area contributed by atoms with E-state index >= 15 is 0 Å². The van der Waals surface area contributed by atoms with Gasteiger partial charge in [-0.1, -0.05) is 11.6 Å². The first-order chi connectivity index (χ1) is 8.92. The Labute approximate surface area is 117 Å². The molecule has 1 aromatic rings. The second kappa shape index (κ2) is 6.99. The van der Waals surface area contributed by atoms with Crippen LogP contribution in [0.3, 0.4) is 0 Å². The maximum Gasteiger partial charge on any atom is 0.319 e. The normalized spacial score (nSPS) is 11.6. The van der Waals surface area contributed by atoms with Gasteiger partial charge in [0, 0.05) is 16.8 Å². The predicted octanol–water partition coefficient (Wildman–Crippen LogP) is 2.72. The Morgan fingerprint density at radius 3 is 2.68 bits per heavy atom. The number of ether oxygens (including phenoxy) is 1. The average molecular weight is 285 g/mol. The molecule has 0 aliphatic carbocycles. The van der Waals surface area contributed by atoms with Gasteiger partial charge in [0.2, 0.25) is 0 Å². The highest BCUT2D eigenvalue weighted by Gasteiger charge is 2.12. The number of anilines is 1. The van der Waals surface area contributed by atoms with Gasteiger partial charge in [-0.25, -0.2) is 4.79 Å². The van der Waals surface area contributed by atoms with Gasteiger partial charge < -0.3 is 15.4 Å². The summed E-state index contributed by atoms with van der Waals surface area (Å²) < 4.78 is 4.53. The Kier molecular flexibility index (Phi) is 5.63. The van der Waals surface area contributed by atoms with E-state index < -0.39 is 0 Å². The molecule has 0 saturated heterocycles. The molecule has 0 aliphatic heterocycles. The van der Waals surface area contributed by atoms with E-state index in [9.17, 15) is 9.59 Å². The van der Waals surface area contributed by atoms with E-state index in [2.05, 4.69) is 15.4 Å². The standard InChI is InChI=1S/C13H17ClN2O3/c1-8-6-10(14)4-5-11(8)16-13(18)15-9(2)7-12(17)19-3/h4-6,9H,7H2,1-3H3,(H2,15,16,18). The molecule has 1 atom stereocenters. The van der Waals surface area contributed by atoms with Gasteiger partial charge in [-0.05, 0) is 37.6 Å². The minimum Gasteiger partial charge on any atom is -0.469 e. The second-order valence-corrected chi connectivity index (χ2v) is 4.68. The number of rotatable bonds is 4. The fourth-order valence-corrected chi connectivity index (χ4v) is 1.76. The van der Waals surface area contributed by atoms with Crippen LogP contribution >= 0.6 is 11.6 Å². The van der Waals surface area contributed by atoms with Gasteiger partial charge in [0.1, 0.15) is 0 Å². The molecule has 0 aliphatic rings. The molecule has 0 spiro atoms. The highest BCUT2D eigenvalue weighted by Crippen LogP contribution is 2.19. The molecule has 0 aromatic heterocycles. The average Bonchev–Trinajstić information content (AvgIpc) is 2.32. The number of esters is 1. The molecule has 1 aromatic carbocycles. The summed E-state index contributed by atoms with van der Waals surface area (Å²) in [4.78, 5) is 22.8. The molecule has 0 heterocycles. The molecule has 0 fully saturated rings. The SMILES string of the molecule is COC(=O)CC(C)NC(=O)Nc1ccc(Cl)cc1C. The van der Waals surface area contributed by atoms with Crippen LogP contribution in [-0.4, -0.2) is 25.2 Å². The van der Waals surface area contributed by atoms with Crippen molar-refractivity contribution >= 4 is 29.3 Å². The summed E-state index contributed by atoms with van der Waals surface area (Å²) in [6.45, 7) is 3.57. The van der Waals surface area contributed by atoms with Crippen molar-refractivity contribution in [3.05, 3.63) is 28.8 Å². The second-order valence-electron chi connectivity index (χ2n) is 4.24. The zero-order valence-electron chi connectivity index (χ0n) is 11.1. The lowest BCUT2D eigenvalue weighted by molar-refractivity contribution is -0.141. The Morgan fingerprint density at radius 2 is 2.11 bits per heavy atom. The minimum absolute atomic E-state index is 0.128. The first-order valence-electron chi connectivity index (χ1n) is 5.83. The highest BCUT2D eigenvalue weighted by atomic mass is 35.5. The molecule has 6 heteroatoms. The summed E-state index contributed by atoms with van der Waals surface area (Å²) in [5.41, 5.74) is 1.54. The number of hydrogen-bond donors (Lipinski definition) is 2. The molecule has 5 nitrogen and oxygen atoms in total. The summed E-state index contributed by atoms with van der Waals surface area (Å²) in [7, 11) is 1.31. The predicted molar refractivity (Wildman–Crippen MR) is 74.4 cm³/mol. The quantitative estimate of drug-likeness (QED) is 0.836. The Morgan fingerprint density at radius 1 is 1.42 bits per heavy atom. The van der Waals surface area contributed by atoms with E-state index in [-0.39, 0.29) is 24.5 Å². The van der Waals surface area contributed by atoms with Crippen LogP contribution in [-0.2, 0) is 9.53 Å². The molecule has 0 radical (unpaired) electrons. The lowest BCUT2D eigenvalue weighted by atomic mass is 10.2. The zero-order valence-corrected chi connectivity index (χ0v) is 11.9. The summed E-state index contributed by atoms with van der Waals surface area (Å²) in [6.07, 6.45) is 0.128. The molecule has 0 saturated carbocycles. The number of nitrogens with one attached hydrogen (secondary N) is 2. The number of hydrogen-bond acceptors (Lipinski definition) is 3. The molecule has 19 heavy (non-hydrogen) atoms. The number of carbonyl (C=O) groups is 2. The van der Waals surface area contributed by atoms with Crippen LogP contribution in [0.25, 0.3) is 0 Å². The number of halogens is 1. The Bertz CT molecular complexity index is 477. The van der Waals surface area contributed by atoms with Crippen molar-refractivity contribution in [1.29, 1.82) is 0 Å². The van der Waals surface area contributed by atoms with E-state index in [0.717, 1.165) is 5.56 Å². The van der Waals surface area contributed by atoms with Gasteiger partial charge in [-0.2, -0.15) is 0 Å². The lowest BCUT2D eigenvalue weighted by Gasteiger charge is -2.14. The van der Waals surface area contributed by atoms with Crippen molar-refractivity contribution in [2.45, 2.75) is 26.3 Å². The van der Waals surface area contributed by atoms with Gasteiger partial charge in [-0.15, -0.1) is 0 Å². The van der Waals surface area contributed by atoms with E-state index in [1.165, 1.54) is 7.11 Å². The summed E-state index contributed by atoms with van der Waals surface area (Å²) in [6, 6.07) is 4.50. The number of carbonyl (C=O) groups excluding carboxylic acids is 2. The number of amides is 2. The Balaban J connectivity index is 2.53. The summed E-state index contributed by atoms with van der Waals surface area (Å²) in [5, 5.41) is 5.96. The highest BCUT2D eigenvalue weighted by molar-refractivity contribution is 6.30. The molecular weight excluding hydrogens is 268 g/mol. The lowest BCUT2D eigenvalue weighted by Crippen LogP contribution is -2.37. The number of benzene rings is 1. The van der Waals surface area contributed by atoms with Crippen LogP contribution in [0.4, 0.5) is 10.5 Å². The zero-order chi connectivity index (χ0) is 14.4. The number of urea groups is 1. The maximum absolute atomic E-state index is 11.7. The van der Waals surface area contributed by atoms with Gasteiger partial charge in [0.15, 0.2) is 0 Å². The van der Waals surface area contributed by atoms with E-state index in [4.69, 9.17) is 11.6 Å². The van der Waals surface area contributed by atoms with Crippen molar-refractivity contribution in [2.24, 2.45) is 0 Å². The summed E-state index contributed by atoms with van der Waals surface area (Å²) >= 11 is 5.83.